The van der Waals surface area contributed by atoms with E-state index < -0.39 is 10.2 Å². The van der Waals surface area contributed by atoms with Crippen molar-refractivity contribution in [2.24, 2.45) is 0 Å². The fourth-order valence-electron chi connectivity index (χ4n) is 2.16. The van der Waals surface area contributed by atoms with Gasteiger partial charge in [0.1, 0.15) is 12.0 Å². The number of carbonyl (C=O) groups is 1. The Bertz CT molecular complexity index is 860. The van der Waals surface area contributed by atoms with Gasteiger partial charge in [0.05, 0.1) is 12.2 Å². The molecule has 3 heterocycles. The quantitative estimate of drug-likeness (QED) is 0.867. The highest BCUT2D eigenvalue weighted by Crippen LogP contribution is 2.18. The lowest BCUT2D eigenvalue weighted by Crippen LogP contribution is -2.33. The monoisotopic (exact) mass is 321 g/mol. The Hall–Kier alpha value is -2.39. The Morgan fingerprint density at radius 3 is 2.91 bits per heavy atom. The van der Waals surface area contributed by atoms with Crippen LogP contribution in [0.3, 0.4) is 0 Å². The zero-order valence-electron chi connectivity index (χ0n) is 12.1. The van der Waals surface area contributed by atoms with Crippen molar-refractivity contribution >= 4 is 27.9 Å². The van der Waals surface area contributed by atoms with Crippen LogP contribution in [0.5, 0.6) is 0 Å². The molecule has 3 rings (SSSR count). The standard InChI is InChI=1S/C13H15N5O3S/c1-16(2)22(20,21)17-8-10(15-9-17)6-11-7-14-13(19)12-4-3-5-18(11)12/h3-6,8-9H,7H2,1-2H3,(H,14,19)/b11-6-. The van der Waals surface area contributed by atoms with Crippen molar-refractivity contribution in [2.45, 2.75) is 0 Å². The van der Waals surface area contributed by atoms with Gasteiger partial charge in [-0.3, -0.25) is 4.79 Å². The molecule has 22 heavy (non-hydrogen) atoms. The zero-order chi connectivity index (χ0) is 15.9. The van der Waals surface area contributed by atoms with E-state index in [1.165, 1.54) is 26.6 Å². The predicted molar refractivity (Wildman–Crippen MR) is 81.2 cm³/mol. The van der Waals surface area contributed by atoms with Gasteiger partial charge in [-0.1, -0.05) is 0 Å². The third-order valence-corrected chi connectivity index (χ3v) is 5.00. The summed E-state index contributed by atoms with van der Waals surface area (Å²) in [5, 5.41) is 2.76. The van der Waals surface area contributed by atoms with Crippen LogP contribution in [-0.4, -0.2) is 52.8 Å². The molecule has 0 spiro atoms. The minimum absolute atomic E-state index is 0.136. The molecule has 0 fully saturated rings. The minimum Gasteiger partial charge on any atom is -0.345 e. The summed E-state index contributed by atoms with van der Waals surface area (Å²) in [6.45, 7) is 0.355. The first kappa shape index (κ1) is 14.5. The number of amides is 1. The first-order valence-electron chi connectivity index (χ1n) is 6.53. The average molecular weight is 321 g/mol. The third-order valence-electron chi connectivity index (χ3n) is 3.34. The lowest BCUT2D eigenvalue weighted by Gasteiger charge is -2.19. The van der Waals surface area contributed by atoms with Crippen LogP contribution in [0, 0.1) is 0 Å². The van der Waals surface area contributed by atoms with Gasteiger partial charge in [0.15, 0.2) is 0 Å². The Morgan fingerprint density at radius 1 is 1.41 bits per heavy atom. The molecule has 8 nitrogen and oxygen atoms in total. The smallest absolute Gasteiger partial charge is 0.308 e. The van der Waals surface area contributed by atoms with E-state index in [2.05, 4.69) is 10.3 Å². The molecule has 0 saturated carbocycles. The molecule has 2 aromatic rings. The molecule has 0 unspecified atom stereocenters. The molecular weight excluding hydrogens is 306 g/mol. The van der Waals surface area contributed by atoms with E-state index in [-0.39, 0.29) is 5.91 Å². The summed E-state index contributed by atoms with van der Waals surface area (Å²) >= 11 is 0. The van der Waals surface area contributed by atoms with Gasteiger partial charge in [-0.15, -0.1) is 0 Å². The highest BCUT2D eigenvalue weighted by molar-refractivity contribution is 7.87. The summed E-state index contributed by atoms with van der Waals surface area (Å²) in [6.07, 6.45) is 6.21. The van der Waals surface area contributed by atoms with Crippen LogP contribution in [0.1, 0.15) is 16.2 Å². The number of nitrogens with zero attached hydrogens (tertiary/aromatic N) is 4. The van der Waals surface area contributed by atoms with Gasteiger partial charge in [0, 0.05) is 32.2 Å². The van der Waals surface area contributed by atoms with Gasteiger partial charge in [-0.2, -0.15) is 12.7 Å². The van der Waals surface area contributed by atoms with Gasteiger partial charge in [-0.25, -0.2) is 8.96 Å². The molecule has 1 N–H and O–H groups in total. The van der Waals surface area contributed by atoms with Crippen molar-refractivity contribution < 1.29 is 13.2 Å². The van der Waals surface area contributed by atoms with E-state index in [0.717, 1.165) is 14.0 Å². The van der Waals surface area contributed by atoms with Crippen LogP contribution in [0.4, 0.5) is 0 Å². The van der Waals surface area contributed by atoms with E-state index in [4.69, 9.17) is 0 Å². The van der Waals surface area contributed by atoms with Crippen LogP contribution in [0.15, 0.2) is 30.9 Å². The highest BCUT2D eigenvalue weighted by Gasteiger charge is 2.20. The number of hydrogen-bond donors (Lipinski definition) is 1. The number of fused-ring (bicyclic) bond motifs is 1. The van der Waals surface area contributed by atoms with Crippen LogP contribution >= 0.6 is 0 Å². The number of nitrogens with one attached hydrogen (secondary N) is 1. The molecular formula is C13H15N5O3S. The fourth-order valence-corrected chi connectivity index (χ4v) is 2.95. The summed E-state index contributed by atoms with van der Waals surface area (Å²) in [5.41, 5.74) is 1.85. The van der Waals surface area contributed by atoms with Gasteiger partial charge < -0.3 is 9.88 Å². The SMILES string of the molecule is CN(C)S(=O)(=O)n1cnc(/C=C2/CNC(=O)c3cccn32)c1. The van der Waals surface area contributed by atoms with Crippen LogP contribution in [0.2, 0.25) is 0 Å². The maximum atomic E-state index is 12.0. The van der Waals surface area contributed by atoms with E-state index in [1.807, 2.05) is 0 Å². The van der Waals surface area contributed by atoms with E-state index in [9.17, 15) is 13.2 Å². The number of aromatic nitrogens is 3. The van der Waals surface area contributed by atoms with Crippen LogP contribution in [-0.2, 0) is 10.2 Å². The van der Waals surface area contributed by atoms with E-state index in [0.29, 0.717) is 17.9 Å². The van der Waals surface area contributed by atoms with Crippen molar-refractivity contribution in [1.82, 2.24) is 23.1 Å². The van der Waals surface area contributed by atoms with Gasteiger partial charge >= 0.3 is 10.2 Å². The van der Waals surface area contributed by atoms with Crippen LogP contribution < -0.4 is 5.32 Å². The Labute approximate surface area is 127 Å². The van der Waals surface area contributed by atoms with Gasteiger partial charge in [0.25, 0.3) is 5.91 Å². The zero-order valence-corrected chi connectivity index (χ0v) is 12.9. The van der Waals surface area contributed by atoms with Crippen molar-refractivity contribution in [1.29, 1.82) is 0 Å². The summed E-state index contributed by atoms with van der Waals surface area (Å²) in [5.74, 6) is -0.136. The summed E-state index contributed by atoms with van der Waals surface area (Å²) in [6, 6.07) is 3.50. The van der Waals surface area contributed by atoms with Crippen molar-refractivity contribution in [3.05, 3.63) is 42.2 Å². The normalized spacial score (nSPS) is 16.9. The average Bonchev–Trinajstić information content (AvgIpc) is 3.11. The first-order valence-corrected chi connectivity index (χ1v) is 7.93. The molecule has 0 aromatic carbocycles. The lowest BCUT2D eigenvalue weighted by molar-refractivity contribution is 0.0945. The molecule has 0 saturated heterocycles. The van der Waals surface area contributed by atoms with Crippen molar-refractivity contribution in [3.8, 4) is 0 Å². The maximum Gasteiger partial charge on any atom is 0.308 e. The second-order valence-electron chi connectivity index (χ2n) is 5.00. The minimum atomic E-state index is -3.57. The number of hydrogen-bond acceptors (Lipinski definition) is 4. The molecule has 0 bridgehead atoms. The number of imidazole rings is 1. The molecule has 1 amide bonds. The summed E-state index contributed by atoms with van der Waals surface area (Å²) in [4.78, 5) is 15.8. The molecule has 0 radical (unpaired) electrons. The Morgan fingerprint density at radius 2 is 2.18 bits per heavy atom. The second kappa shape index (κ2) is 5.11. The molecule has 1 aliphatic heterocycles. The summed E-state index contributed by atoms with van der Waals surface area (Å²) in [7, 11) is -0.664. The first-order chi connectivity index (χ1) is 10.4. The maximum absolute atomic E-state index is 12.0. The fraction of sp³-hybridized carbons (Fsp3) is 0.231. The molecule has 2 aromatic heterocycles. The van der Waals surface area contributed by atoms with Gasteiger partial charge in [0.2, 0.25) is 0 Å². The molecule has 116 valence electrons. The molecule has 0 aliphatic carbocycles. The third kappa shape index (κ3) is 2.34. The summed E-state index contributed by atoms with van der Waals surface area (Å²) < 4.78 is 27.9. The number of rotatable bonds is 3. The Balaban J connectivity index is 1.97. The van der Waals surface area contributed by atoms with E-state index in [1.54, 1.807) is 29.0 Å². The highest BCUT2D eigenvalue weighted by atomic mass is 32.2. The largest absolute Gasteiger partial charge is 0.345 e. The molecule has 0 atom stereocenters. The van der Waals surface area contributed by atoms with E-state index >= 15 is 0 Å². The van der Waals surface area contributed by atoms with Crippen molar-refractivity contribution in [3.63, 3.8) is 0 Å². The van der Waals surface area contributed by atoms with Crippen molar-refractivity contribution in [2.75, 3.05) is 20.6 Å². The Kier molecular flexibility index (Phi) is 3.38. The second-order valence-corrected chi connectivity index (χ2v) is 7.05. The topological polar surface area (TPSA) is 89.2 Å². The van der Waals surface area contributed by atoms with Crippen LogP contribution in [0.25, 0.3) is 11.8 Å². The van der Waals surface area contributed by atoms with Gasteiger partial charge in [-0.05, 0) is 18.2 Å². The lowest BCUT2D eigenvalue weighted by atomic mass is 10.2. The molecule has 1 aliphatic rings. The predicted octanol–water partition coefficient (Wildman–Crippen LogP) is 0.0806. The number of carbonyl (C=O) groups excluding carboxylic acids is 1. The molecule has 9 heteroatoms.